The SMILES string of the molecule is CC(C)c1nn(C(C)(C)C)c(Cl)c1C=O. The molecule has 0 spiro atoms. The van der Waals surface area contributed by atoms with E-state index in [0.29, 0.717) is 10.7 Å². The summed E-state index contributed by atoms with van der Waals surface area (Å²) in [7, 11) is 0. The molecular formula is C11H17ClN2O. The molecule has 15 heavy (non-hydrogen) atoms. The van der Waals surface area contributed by atoms with Crippen molar-refractivity contribution in [1.82, 2.24) is 9.78 Å². The molecule has 0 unspecified atom stereocenters. The van der Waals surface area contributed by atoms with E-state index in [2.05, 4.69) is 5.10 Å². The van der Waals surface area contributed by atoms with Gasteiger partial charge in [-0.3, -0.25) is 4.79 Å². The molecule has 1 aromatic heterocycles. The fraction of sp³-hybridized carbons (Fsp3) is 0.636. The molecule has 0 aliphatic carbocycles. The van der Waals surface area contributed by atoms with Crippen molar-refractivity contribution in [2.45, 2.75) is 46.1 Å². The maximum atomic E-state index is 11.0. The molecule has 3 nitrogen and oxygen atoms in total. The molecule has 0 amide bonds. The van der Waals surface area contributed by atoms with E-state index in [1.807, 2.05) is 34.6 Å². The summed E-state index contributed by atoms with van der Waals surface area (Å²) in [5.41, 5.74) is 1.08. The molecule has 4 heteroatoms. The van der Waals surface area contributed by atoms with Gasteiger partial charge in [0.1, 0.15) is 5.15 Å². The second-order valence-electron chi connectivity index (χ2n) is 4.94. The Kier molecular flexibility index (Phi) is 3.24. The van der Waals surface area contributed by atoms with Gasteiger partial charge in [-0.25, -0.2) is 4.68 Å². The van der Waals surface area contributed by atoms with E-state index in [9.17, 15) is 4.79 Å². The van der Waals surface area contributed by atoms with E-state index < -0.39 is 0 Å². The lowest BCUT2D eigenvalue weighted by Gasteiger charge is -2.20. The van der Waals surface area contributed by atoms with Crippen molar-refractivity contribution >= 4 is 17.9 Å². The normalized spacial score (nSPS) is 12.2. The van der Waals surface area contributed by atoms with Gasteiger partial charge in [0.05, 0.1) is 16.8 Å². The summed E-state index contributed by atoms with van der Waals surface area (Å²) >= 11 is 6.13. The minimum absolute atomic E-state index is 0.200. The van der Waals surface area contributed by atoms with E-state index in [0.717, 1.165) is 12.0 Å². The maximum Gasteiger partial charge on any atom is 0.155 e. The summed E-state index contributed by atoms with van der Waals surface area (Å²) in [6.07, 6.45) is 0.785. The third kappa shape index (κ3) is 2.23. The molecule has 0 N–H and O–H groups in total. The van der Waals surface area contributed by atoms with Crippen LogP contribution in [0.2, 0.25) is 5.15 Å². The summed E-state index contributed by atoms with van der Waals surface area (Å²) in [5, 5.41) is 4.84. The number of hydrogen-bond donors (Lipinski definition) is 0. The quantitative estimate of drug-likeness (QED) is 0.729. The monoisotopic (exact) mass is 228 g/mol. The molecule has 0 aliphatic rings. The highest BCUT2D eigenvalue weighted by atomic mass is 35.5. The summed E-state index contributed by atoms with van der Waals surface area (Å²) in [6, 6.07) is 0. The van der Waals surface area contributed by atoms with Crippen LogP contribution in [0, 0.1) is 0 Å². The number of nitrogens with zero attached hydrogens (tertiary/aromatic N) is 2. The van der Waals surface area contributed by atoms with Crippen molar-refractivity contribution in [2.75, 3.05) is 0 Å². The molecule has 0 bridgehead atoms. The lowest BCUT2D eigenvalue weighted by Crippen LogP contribution is -2.23. The molecular weight excluding hydrogens is 212 g/mol. The predicted molar refractivity (Wildman–Crippen MR) is 61.7 cm³/mol. The summed E-state index contributed by atoms with van der Waals surface area (Å²) in [5.74, 6) is 0.200. The third-order valence-electron chi connectivity index (χ3n) is 2.19. The zero-order chi connectivity index (χ0) is 11.8. The van der Waals surface area contributed by atoms with Crippen LogP contribution in [0.5, 0.6) is 0 Å². The molecule has 0 radical (unpaired) electrons. The van der Waals surface area contributed by atoms with Gasteiger partial charge in [-0.15, -0.1) is 0 Å². The first-order valence-corrected chi connectivity index (χ1v) is 5.41. The Morgan fingerprint density at radius 1 is 1.40 bits per heavy atom. The largest absolute Gasteiger partial charge is 0.298 e. The number of rotatable bonds is 2. The van der Waals surface area contributed by atoms with Gasteiger partial charge in [-0.2, -0.15) is 5.10 Å². The van der Waals surface area contributed by atoms with Crippen molar-refractivity contribution in [1.29, 1.82) is 0 Å². The molecule has 0 saturated carbocycles. The Hall–Kier alpha value is -0.830. The summed E-state index contributed by atoms with van der Waals surface area (Å²) in [4.78, 5) is 11.0. The van der Waals surface area contributed by atoms with Crippen molar-refractivity contribution in [3.8, 4) is 0 Å². The molecule has 0 atom stereocenters. The first kappa shape index (κ1) is 12.2. The van der Waals surface area contributed by atoms with Crippen LogP contribution in [0.3, 0.4) is 0 Å². The smallest absolute Gasteiger partial charge is 0.155 e. The van der Waals surface area contributed by atoms with Gasteiger partial charge < -0.3 is 0 Å². The number of aldehydes is 1. The number of aromatic nitrogens is 2. The number of hydrogen-bond acceptors (Lipinski definition) is 2. The average Bonchev–Trinajstić information content (AvgIpc) is 2.41. The average molecular weight is 229 g/mol. The molecule has 1 aromatic rings. The maximum absolute atomic E-state index is 11.0. The Balaban J connectivity index is 3.40. The van der Waals surface area contributed by atoms with Gasteiger partial charge in [-0.05, 0) is 26.7 Å². The number of carbonyl (C=O) groups excluding carboxylic acids is 1. The van der Waals surface area contributed by atoms with Gasteiger partial charge in [0.25, 0.3) is 0 Å². The molecule has 1 rings (SSSR count). The first-order chi connectivity index (χ1) is 6.79. The van der Waals surface area contributed by atoms with Crippen LogP contribution in [-0.2, 0) is 5.54 Å². The molecule has 0 aliphatic heterocycles. The number of carbonyl (C=O) groups is 1. The van der Waals surface area contributed by atoms with E-state index in [1.54, 1.807) is 4.68 Å². The zero-order valence-corrected chi connectivity index (χ0v) is 10.6. The van der Waals surface area contributed by atoms with Gasteiger partial charge >= 0.3 is 0 Å². The van der Waals surface area contributed by atoms with Crippen molar-refractivity contribution < 1.29 is 4.79 Å². The Labute approximate surface area is 95.4 Å². The van der Waals surface area contributed by atoms with E-state index in [4.69, 9.17) is 11.6 Å². The van der Waals surface area contributed by atoms with Crippen LogP contribution in [0.25, 0.3) is 0 Å². The minimum Gasteiger partial charge on any atom is -0.298 e. The van der Waals surface area contributed by atoms with Crippen molar-refractivity contribution in [2.24, 2.45) is 0 Å². The van der Waals surface area contributed by atoms with Crippen LogP contribution < -0.4 is 0 Å². The highest BCUT2D eigenvalue weighted by molar-refractivity contribution is 6.32. The predicted octanol–water partition coefficient (Wildman–Crippen LogP) is 3.23. The molecule has 0 saturated heterocycles. The second-order valence-corrected chi connectivity index (χ2v) is 5.30. The topological polar surface area (TPSA) is 34.9 Å². The minimum atomic E-state index is -0.206. The summed E-state index contributed by atoms with van der Waals surface area (Å²) in [6.45, 7) is 10.0. The van der Waals surface area contributed by atoms with E-state index in [-0.39, 0.29) is 11.5 Å². The fourth-order valence-corrected chi connectivity index (χ4v) is 1.84. The summed E-state index contributed by atoms with van der Waals surface area (Å²) < 4.78 is 1.70. The Morgan fingerprint density at radius 3 is 2.20 bits per heavy atom. The van der Waals surface area contributed by atoms with Crippen molar-refractivity contribution in [3.63, 3.8) is 0 Å². The molecule has 84 valence electrons. The molecule has 0 aromatic carbocycles. The first-order valence-electron chi connectivity index (χ1n) is 5.03. The third-order valence-corrected chi connectivity index (χ3v) is 2.56. The second kappa shape index (κ2) is 3.97. The van der Waals surface area contributed by atoms with Crippen LogP contribution in [0.15, 0.2) is 0 Å². The number of halogens is 1. The van der Waals surface area contributed by atoms with Crippen LogP contribution in [0.1, 0.15) is 56.6 Å². The standard InChI is InChI=1S/C11H17ClN2O/c1-7(2)9-8(6-15)10(12)14(13-9)11(3,4)5/h6-7H,1-5H3. The van der Waals surface area contributed by atoms with Gasteiger partial charge in [0, 0.05) is 0 Å². The lowest BCUT2D eigenvalue weighted by molar-refractivity contribution is 0.112. The van der Waals surface area contributed by atoms with Crippen LogP contribution in [-0.4, -0.2) is 16.1 Å². The fourth-order valence-electron chi connectivity index (χ4n) is 1.41. The molecule has 0 fully saturated rings. The van der Waals surface area contributed by atoms with Crippen LogP contribution in [0.4, 0.5) is 0 Å². The van der Waals surface area contributed by atoms with Crippen molar-refractivity contribution in [3.05, 3.63) is 16.4 Å². The van der Waals surface area contributed by atoms with Gasteiger partial charge in [-0.1, -0.05) is 25.4 Å². The highest BCUT2D eigenvalue weighted by Crippen LogP contribution is 2.28. The Morgan fingerprint density at radius 2 is 1.93 bits per heavy atom. The highest BCUT2D eigenvalue weighted by Gasteiger charge is 2.24. The van der Waals surface area contributed by atoms with Gasteiger partial charge in [0.2, 0.25) is 0 Å². The van der Waals surface area contributed by atoms with E-state index in [1.165, 1.54) is 0 Å². The zero-order valence-electron chi connectivity index (χ0n) is 9.84. The van der Waals surface area contributed by atoms with Gasteiger partial charge in [0.15, 0.2) is 6.29 Å². The lowest BCUT2D eigenvalue weighted by atomic mass is 10.1. The van der Waals surface area contributed by atoms with E-state index >= 15 is 0 Å². The molecule has 1 heterocycles. The Bertz CT molecular complexity index is 375. The van der Waals surface area contributed by atoms with Crippen LogP contribution >= 0.6 is 11.6 Å².